The largest absolute Gasteiger partial charge is 0.508 e. The van der Waals surface area contributed by atoms with Gasteiger partial charge >= 0.3 is 0 Å². The fourth-order valence-electron chi connectivity index (χ4n) is 2.23. The highest BCUT2D eigenvalue weighted by atomic mass is 127. The molecular weight excluding hydrogens is 417 g/mol. The molecule has 0 spiro atoms. The zero-order valence-electron chi connectivity index (χ0n) is 15.3. The molecule has 0 aliphatic heterocycles. The van der Waals surface area contributed by atoms with Gasteiger partial charge in [0.15, 0.2) is 5.96 Å². The first-order valence-electron chi connectivity index (χ1n) is 8.44. The average Bonchev–Trinajstić information content (AvgIpc) is 2.52. The normalized spacial score (nSPS) is 11.1. The molecule has 0 bridgehead atoms. The number of ether oxygens (including phenoxy) is 1. The molecular formula is C18H32IN3O2. The predicted molar refractivity (Wildman–Crippen MR) is 112 cm³/mol. The van der Waals surface area contributed by atoms with E-state index in [0.29, 0.717) is 5.75 Å². The third kappa shape index (κ3) is 9.20. The van der Waals surface area contributed by atoms with Crippen molar-refractivity contribution in [2.45, 2.75) is 40.0 Å². The van der Waals surface area contributed by atoms with Gasteiger partial charge in [-0.2, -0.15) is 0 Å². The van der Waals surface area contributed by atoms with Crippen molar-refractivity contribution in [2.24, 2.45) is 10.9 Å². The molecule has 0 amide bonds. The summed E-state index contributed by atoms with van der Waals surface area (Å²) < 4.78 is 5.09. The molecule has 5 nitrogen and oxygen atoms in total. The maximum Gasteiger partial charge on any atom is 0.191 e. The molecule has 0 radical (unpaired) electrons. The van der Waals surface area contributed by atoms with Crippen LogP contribution >= 0.6 is 24.0 Å². The van der Waals surface area contributed by atoms with Gasteiger partial charge in [0.25, 0.3) is 0 Å². The molecule has 138 valence electrons. The van der Waals surface area contributed by atoms with Crippen LogP contribution in [-0.4, -0.2) is 37.8 Å². The van der Waals surface area contributed by atoms with Crippen LogP contribution in [0.25, 0.3) is 0 Å². The number of rotatable bonds is 9. The molecule has 1 aromatic carbocycles. The number of nitrogens with zero attached hydrogens (tertiary/aromatic N) is 1. The molecule has 0 aromatic heterocycles. The Morgan fingerprint density at radius 1 is 1.29 bits per heavy atom. The number of aromatic hydroxyl groups is 1. The SMILES string of the molecule is CCNC(=NCCCC(C)C)NCCc1ccc(OC)cc1O.I. The summed E-state index contributed by atoms with van der Waals surface area (Å²) in [6.07, 6.45) is 3.03. The van der Waals surface area contributed by atoms with Crippen LogP contribution in [0.5, 0.6) is 11.5 Å². The zero-order chi connectivity index (χ0) is 17.1. The quantitative estimate of drug-likeness (QED) is 0.234. The van der Waals surface area contributed by atoms with Crippen LogP contribution in [0.4, 0.5) is 0 Å². The molecule has 1 rings (SSSR count). The number of halogens is 1. The number of guanidine groups is 1. The lowest BCUT2D eigenvalue weighted by atomic mass is 10.1. The molecule has 0 saturated carbocycles. The molecule has 0 atom stereocenters. The Kier molecular flexibility index (Phi) is 12.5. The number of phenols is 1. The minimum Gasteiger partial charge on any atom is -0.508 e. The summed E-state index contributed by atoms with van der Waals surface area (Å²) in [5.41, 5.74) is 0.897. The van der Waals surface area contributed by atoms with Crippen LogP contribution in [-0.2, 0) is 6.42 Å². The number of methoxy groups -OCH3 is 1. The van der Waals surface area contributed by atoms with Crippen molar-refractivity contribution < 1.29 is 9.84 Å². The van der Waals surface area contributed by atoms with E-state index in [4.69, 9.17) is 4.74 Å². The molecule has 1 aromatic rings. The van der Waals surface area contributed by atoms with Gasteiger partial charge in [0.2, 0.25) is 0 Å². The van der Waals surface area contributed by atoms with Crippen molar-refractivity contribution in [3.8, 4) is 11.5 Å². The van der Waals surface area contributed by atoms with Crippen LogP contribution in [0.15, 0.2) is 23.2 Å². The van der Waals surface area contributed by atoms with Crippen molar-refractivity contribution in [3.63, 3.8) is 0 Å². The fraction of sp³-hybridized carbons (Fsp3) is 0.611. The highest BCUT2D eigenvalue weighted by Crippen LogP contribution is 2.23. The van der Waals surface area contributed by atoms with Crippen molar-refractivity contribution in [3.05, 3.63) is 23.8 Å². The standard InChI is InChI=1S/C18H31N3O2.HI/c1-5-19-18(20-11-6-7-14(2)3)21-12-10-15-8-9-16(23-4)13-17(15)22;/h8-9,13-14,22H,5-7,10-12H2,1-4H3,(H2,19,20,21);1H. The smallest absolute Gasteiger partial charge is 0.191 e. The first kappa shape index (κ1) is 22.8. The fourth-order valence-corrected chi connectivity index (χ4v) is 2.23. The molecule has 6 heteroatoms. The number of nitrogens with one attached hydrogen (secondary N) is 2. The highest BCUT2D eigenvalue weighted by Gasteiger charge is 2.04. The second-order valence-corrected chi connectivity index (χ2v) is 5.97. The van der Waals surface area contributed by atoms with E-state index in [1.54, 1.807) is 13.2 Å². The van der Waals surface area contributed by atoms with E-state index in [0.717, 1.165) is 49.9 Å². The third-order valence-corrected chi connectivity index (χ3v) is 3.53. The van der Waals surface area contributed by atoms with Crippen molar-refractivity contribution >= 4 is 29.9 Å². The van der Waals surface area contributed by atoms with E-state index in [1.165, 1.54) is 6.42 Å². The van der Waals surface area contributed by atoms with E-state index < -0.39 is 0 Å². The number of phenolic OH excluding ortho intramolecular Hbond substituents is 1. The lowest BCUT2D eigenvalue weighted by Crippen LogP contribution is -2.38. The number of hydrogen-bond acceptors (Lipinski definition) is 3. The Hall–Kier alpha value is -1.18. The van der Waals surface area contributed by atoms with Gasteiger partial charge in [-0.25, -0.2) is 0 Å². The van der Waals surface area contributed by atoms with Crippen LogP contribution in [0.1, 0.15) is 39.2 Å². The lowest BCUT2D eigenvalue weighted by molar-refractivity contribution is 0.406. The number of aliphatic imine (C=N–C) groups is 1. The monoisotopic (exact) mass is 449 g/mol. The summed E-state index contributed by atoms with van der Waals surface area (Å²) in [5.74, 6) is 2.49. The van der Waals surface area contributed by atoms with E-state index >= 15 is 0 Å². The van der Waals surface area contributed by atoms with Crippen LogP contribution in [0, 0.1) is 5.92 Å². The zero-order valence-corrected chi connectivity index (χ0v) is 17.6. The van der Waals surface area contributed by atoms with Gasteiger partial charge in [-0.1, -0.05) is 19.9 Å². The van der Waals surface area contributed by atoms with E-state index in [1.807, 2.05) is 12.1 Å². The van der Waals surface area contributed by atoms with E-state index in [-0.39, 0.29) is 29.7 Å². The maximum atomic E-state index is 9.96. The maximum absolute atomic E-state index is 9.96. The van der Waals surface area contributed by atoms with Gasteiger partial charge in [0.1, 0.15) is 11.5 Å². The van der Waals surface area contributed by atoms with Gasteiger partial charge in [0.05, 0.1) is 7.11 Å². The molecule has 0 saturated heterocycles. The van der Waals surface area contributed by atoms with Gasteiger partial charge in [-0.15, -0.1) is 24.0 Å². The van der Waals surface area contributed by atoms with Gasteiger partial charge in [0, 0.05) is 25.7 Å². The Morgan fingerprint density at radius 2 is 2.04 bits per heavy atom. The highest BCUT2D eigenvalue weighted by molar-refractivity contribution is 14.0. The first-order valence-corrected chi connectivity index (χ1v) is 8.44. The summed E-state index contributed by atoms with van der Waals surface area (Å²) in [5, 5.41) is 16.5. The third-order valence-electron chi connectivity index (χ3n) is 3.53. The molecule has 0 heterocycles. The Bertz CT molecular complexity index is 493. The molecule has 0 unspecified atom stereocenters. The van der Waals surface area contributed by atoms with Crippen LogP contribution < -0.4 is 15.4 Å². The van der Waals surface area contributed by atoms with Gasteiger partial charge in [-0.05, 0) is 43.7 Å². The Morgan fingerprint density at radius 3 is 2.62 bits per heavy atom. The summed E-state index contributed by atoms with van der Waals surface area (Å²) in [7, 11) is 1.59. The number of benzene rings is 1. The van der Waals surface area contributed by atoms with Gasteiger partial charge in [-0.3, -0.25) is 4.99 Å². The molecule has 0 aliphatic rings. The topological polar surface area (TPSA) is 65.9 Å². The van der Waals surface area contributed by atoms with Crippen LogP contribution in [0.3, 0.4) is 0 Å². The predicted octanol–water partition coefficient (Wildman–Crippen LogP) is 3.55. The second-order valence-electron chi connectivity index (χ2n) is 5.97. The molecule has 0 aliphatic carbocycles. The molecule has 24 heavy (non-hydrogen) atoms. The van der Waals surface area contributed by atoms with Gasteiger partial charge < -0.3 is 20.5 Å². The van der Waals surface area contributed by atoms with Crippen molar-refractivity contribution in [1.29, 1.82) is 0 Å². The summed E-state index contributed by atoms with van der Waals surface area (Å²) >= 11 is 0. The van der Waals surface area contributed by atoms with Crippen molar-refractivity contribution in [1.82, 2.24) is 10.6 Å². The number of hydrogen-bond donors (Lipinski definition) is 3. The van der Waals surface area contributed by atoms with Crippen molar-refractivity contribution in [2.75, 3.05) is 26.7 Å². The Labute approximate surface area is 163 Å². The minimum absolute atomic E-state index is 0. The van der Waals surface area contributed by atoms with Crippen LogP contribution in [0.2, 0.25) is 0 Å². The summed E-state index contributed by atoms with van der Waals surface area (Å²) in [6.45, 7) is 8.91. The lowest BCUT2D eigenvalue weighted by Gasteiger charge is -2.12. The minimum atomic E-state index is 0. The Balaban J connectivity index is 0.00000529. The van der Waals surface area contributed by atoms with E-state index in [2.05, 4.69) is 36.4 Å². The molecule has 0 fully saturated rings. The average molecular weight is 449 g/mol. The summed E-state index contributed by atoms with van der Waals surface area (Å²) in [6, 6.07) is 5.39. The second kappa shape index (κ2) is 13.1. The van der Waals surface area contributed by atoms with E-state index in [9.17, 15) is 5.11 Å². The first-order chi connectivity index (χ1) is 11.1. The molecule has 3 N–H and O–H groups in total. The summed E-state index contributed by atoms with van der Waals surface area (Å²) in [4.78, 5) is 4.58.